The quantitative estimate of drug-likeness (QED) is 0.544. The second kappa shape index (κ2) is 10.0. The minimum atomic E-state index is -0.510. The van der Waals surface area contributed by atoms with Gasteiger partial charge < -0.3 is 14.4 Å². The fourth-order valence-electron chi connectivity index (χ4n) is 3.66. The molecular weight excluding hydrogens is 432 g/mol. The van der Waals surface area contributed by atoms with Crippen LogP contribution in [-0.2, 0) is 25.1 Å². The standard InChI is InChI=1S/C23H25ClN4O4/c1-26-23(30)28(16-31-15-17-7-3-2-4-8-17)22(29)21(25-26)27-13-11-18(12-14-27)32-20-10-6-5-9-19(20)24/h2-10,18H,11-16H2,1H3. The summed E-state index contributed by atoms with van der Waals surface area (Å²) in [4.78, 5) is 27.4. The molecule has 1 saturated heterocycles. The molecule has 3 aromatic rings. The van der Waals surface area contributed by atoms with Crippen molar-refractivity contribution in [1.29, 1.82) is 0 Å². The molecule has 4 rings (SSSR count). The Balaban J connectivity index is 1.43. The summed E-state index contributed by atoms with van der Waals surface area (Å²) >= 11 is 6.19. The third-order valence-electron chi connectivity index (χ3n) is 5.39. The third kappa shape index (κ3) is 5.03. The van der Waals surface area contributed by atoms with E-state index in [1.807, 2.05) is 53.4 Å². The first-order valence-corrected chi connectivity index (χ1v) is 10.9. The molecule has 0 N–H and O–H groups in total. The summed E-state index contributed by atoms with van der Waals surface area (Å²) in [5.74, 6) is 0.900. The second-order valence-electron chi connectivity index (χ2n) is 7.66. The van der Waals surface area contributed by atoms with Crippen LogP contribution < -0.4 is 20.9 Å². The Hall–Kier alpha value is -3.10. The lowest BCUT2D eigenvalue weighted by Crippen LogP contribution is -2.47. The van der Waals surface area contributed by atoms with Crippen LogP contribution in [0.3, 0.4) is 0 Å². The lowest BCUT2D eigenvalue weighted by atomic mass is 10.1. The SMILES string of the molecule is Cn1nc(N2CCC(Oc3ccccc3Cl)CC2)c(=O)n(COCc2ccccc2)c1=O. The maximum atomic E-state index is 13.0. The number of nitrogens with zero attached hydrogens (tertiary/aromatic N) is 4. The van der Waals surface area contributed by atoms with Gasteiger partial charge in [0.25, 0.3) is 0 Å². The number of aryl methyl sites for hydroxylation is 1. The first kappa shape index (κ1) is 22.1. The third-order valence-corrected chi connectivity index (χ3v) is 5.70. The van der Waals surface area contributed by atoms with Gasteiger partial charge in [0.05, 0.1) is 11.6 Å². The molecule has 0 aliphatic carbocycles. The highest BCUT2D eigenvalue weighted by Crippen LogP contribution is 2.27. The van der Waals surface area contributed by atoms with Crippen LogP contribution in [0.25, 0.3) is 0 Å². The Morgan fingerprint density at radius 1 is 1.03 bits per heavy atom. The average molecular weight is 457 g/mol. The number of ether oxygens (including phenoxy) is 2. The van der Waals surface area contributed by atoms with E-state index in [0.717, 1.165) is 10.1 Å². The van der Waals surface area contributed by atoms with Crippen molar-refractivity contribution in [2.24, 2.45) is 7.05 Å². The van der Waals surface area contributed by atoms with Crippen molar-refractivity contribution in [3.63, 3.8) is 0 Å². The highest BCUT2D eigenvalue weighted by Gasteiger charge is 2.25. The number of aromatic nitrogens is 3. The lowest BCUT2D eigenvalue weighted by molar-refractivity contribution is 0.0574. The Morgan fingerprint density at radius 3 is 2.44 bits per heavy atom. The minimum Gasteiger partial charge on any atom is -0.489 e. The first-order valence-electron chi connectivity index (χ1n) is 10.5. The molecule has 0 bridgehead atoms. The van der Waals surface area contributed by atoms with E-state index in [9.17, 15) is 9.59 Å². The average Bonchev–Trinajstić information content (AvgIpc) is 2.81. The number of hydrogen-bond acceptors (Lipinski definition) is 6. The zero-order valence-corrected chi connectivity index (χ0v) is 18.6. The molecule has 8 nitrogen and oxygen atoms in total. The van der Waals surface area contributed by atoms with Crippen molar-refractivity contribution in [2.75, 3.05) is 18.0 Å². The summed E-state index contributed by atoms with van der Waals surface area (Å²) in [5, 5.41) is 4.80. The molecule has 0 amide bonds. The molecule has 2 aromatic carbocycles. The zero-order chi connectivity index (χ0) is 22.5. The van der Waals surface area contributed by atoms with Gasteiger partial charge in [-0.05, 0) is 17.7 Å². The van der Waals surface area contributed by atoms with Crippen molar-refractivity contribution in [3.05, 3.63) is 86.0 Å². The normalized spacial score (nSPS) is 14.5. The summed E-state index contributed by atoms with van der Waals surface area (Å²) in [6, 6.07) is 17.0. The molecule has 32 heavy (non-hydrogen) atoms. The number of hydrogen-bond donors (Lipinski definition) is 0. The number of benzene rings is 2. The monoisotopic (exact) mass is 456 g/mol. The van der Waals surface area contributed by atoms with E-state index in [1.54, 1.807) is 6.07 Å². The van der Waals surface area contributed by atoms with Gasteiger partial charge in [-0.3, -0.25) is 4.79 Å². The van der Waals surface area contributed by atoms with Gasteiger partial charge in [-0.1, -0.05) is 54.1 Å². The summed E-state index contributed by atoms with van der Waals surface area (Å²) in [7, 11) is 1.53. The van der Waals surface area contributed by atoms with Crippen LogP contribution in [0.2, 0.25) is 5.02 Å². The Kier molecular flexibility index (Phi) is 6.92. The highest BCUT2D eigenvalue weighted by atomic mass is 35.5. The van der Waals surface area contributed by atoms with Gasteiger partial charge >= 0.3 is 11.2 Å². The van der Waals surface area contributed by atoms with E-state index in [-0.39, 0.29) is 18.7 Å². The number of halogens is 1. The predicted octanol–water partition coefficient (Wildman–Crippen LogP) is 2.82. The minimum absolute atomic E-state index is 0.00453. The van der Waals surface area contributed by atoms with Gasteiger partial charge in [0.15, 0.2) is 0 Å². The van der Waals surface area contributed by atoms with Crippen LogP contribution >= 0.6 is 11.6 Å². The molecule has 168 valence electrons. The maximum absolute atomic E-state index is 13.0. The van der Waals surface area contributed by atoms with Crippen molar-refractivity contribution in [2.45, 2.75) is 32.3 Å². The van der Waals surface area contributed by atoms with Gasteiger partial charge in [-0.15, -0.1) is 5.10 Å². The molecule has 0 radical (unpaired) electrons. The molecule has 0 saturated carbocycles. The fourth-order valence-corrected chi connectivity index (χ4v) is 3.84. The molecule has 0 spiro atoms. The van der Waals surface area contributed by atoms with Gasteiger partial charge in [-0.2, -0.15) is 0 Å². The summed E-state index contributed by atoms with van der Waals surface area (Å²) in [5.41, 5.74) is 0.00243. The summed E-state index contributed by atoms with van der Waals surface area (Å²) < 4.78 is 13.9. The fraction of sp³-hybridized carbons (Fsp3) is 0.348. The summed E-state index contributed by atoms with van der Waals surface area (Å²) in [6.07, 6.45) is 1.41. The summed E-state index contributed by atoms with van der Waals surface area (Å²) in [6.45, 7) is 1.34. The van der Waals surface area contributed by atoms with Crippen LogP contribution in [0.4, 0.5) is 5.82 Å². The van der Waals surface area contributed by atoms with Gasteiger partial charge in [0.1, 0.15) is 18.6 Å². The van der Waals surface area contributed by atoms with Crippen LogP contribution in [0.5, 0.6) is 5.75 Å². The molecule has 2 heterocycles. The zero-order valence-electron chi connectivity index (χ0n) is 17.8. The smallest absolute Gasteiger partial charge is 0.349 e. The van der Waals surface area contributed by atoms with Gasteiger partial charge in [-0.25, -0.2) is 14.0 Å². The highest BCUT2D eigenvalue weighted by molar-refractivity contribution is 6.32. The van der Waals surface area contributed by atoms with Crippen LogP contribution in [0, 0.1) is 0 Å². The molecular formula is C23H25ClN4O4. The van der Waals surface area contributed by atoms with E-state index < -0.39 is 11.2 Å². The predicted molar refractivity (Wildman–Crippen MR) is 122 cm³/mol. The molecule has 0 unspecified atom stereocenters. The van der Waals surface area contributed by atoms with E-state index in [0.29, 0.717) is 43.3 Å². The van der Waals surface area contributed by atoms with Crippen LogP contribution in [0.15, 0.2) is 64.2 Å². The first-order chi connectivity index (χ1) is 15.5. The molecule has 1 aliphatic rings. The van der Waals surface area contributed by atoms with Crippen molar-refractivity contribution >= 4 is 17.4 Å². The number of para-hydroxylation sites is 1. The van der Waals surface area contributed by atoms with Crippen molar-refractivity contribution in [3.8, 4) is 5.75 Å². The van der Waals surface area contributed by atoms with Crippen molar-refractivity contribution in [1.82, 2.24) is 14.3 Å². The molecule has 0 atom stereocenters. The van der Waals surface area contributed by atoms with Gasteiger partial charge in [0, 0.05) is 33.0 Å². The van der Waals surface area contributed by atoms with E-state index in [2.05, 4.69) is 5.10 Å². The number of anilines is 1. The molecule has 9 heteroatoms. The second-order valence-corrected chi connectivity index (χ2v) is 8.07. The lowest BCUT2D eigenvalue weighted by Gasteiger charge is -2.32. The molecule has 1 aliphatic heterocycles. The molecule has 1 aromatic heterocycles. The van der Waals surface area contributed by atoms with E-state index in [1.165, 1.54) is 11.7 Å². The van der Waals surface area contributed by atoms with Crippen LogP contribution in [-0.4, -0.2) is 33.5 Å². The number of piperidine rings is 1. The van der Waals surface area contributed by atoms with E-state index >= 15 is 0 Å². The Labute approximate surface area is 190 Å². The maximum Gasteiger partial charge on any atom is 0.349 e. The Morgan fingerprint density at radius 2 is 1.72 bits per heavy atom. The number of rotatable bonds is 7. The van der Waals surface area contributed by atoms with Crippen molar-refractivity contribution < 1.29 is 9.47 Å². The topological polar surface area (TPSA) is 78.6 Å². The largest absolute Gasteiger partial charge is 0.489 e. The molecule has 1 fully saturated rings. The Bertz CT molecular complexity index is 1170. The van der Waals surface area contributed by atoms with Crippen LogP contribution in [0.1, 0.15) is 18.4 Å². The van der Waals surface area contributed by atoms with E-state index in [4.69, 9.17) is 21.1 Å². The van der Waals surface area contributed by atoms with Gasteiger partial charge in [0.2, 0.25) is 5.82 Å².